The fourth-order valence-corrected chi connectivity index (χ4v) is 2.85. The highest BCUT2D eigenvalue weighted by Crippen LogP contribution is 2.45. The minimum Gasteiger partial charge on any atom is -0.457 e. The summed E-state index contributed by atoms with van der Waals surface area (Å²) in [6.45, 7) is 7.03. The lowest BCUT2D eigenvalue weighted by atomic mass is 9.85. The van der Waals surface area contributed by atoms with Crippen molar-refractivity contribution in [2.75, 3.05) is 6.54 Å². The van der Waals surface area contributed by atoms with E-state index in [-0.39, 0.29) is 17.2 Å². The molecule has 0 aliphatic carbocycles. The minimum absolute atomic E-state index is 0.0381. The van der Waals surface area contributed by atoms with Crippen LogP contribution >= 0.6 is 0 Å². The highest BCUT2D eigenvalue weighted by molar-refractivity contribution is 5.78. The van der Waals surface area contributed by atoms with Crippen molar-refractivity contribution < 1.29 is 9.53 Å². The fourth-order valence-electron chi connectivity index (χ4n) is 2.85. The van der Waals surface area contributed by atoms with Gasteiger partial charge in [-0.3, -0.25) is 4.79 Å². The van der Waals surface area contributed by atoms with E-state index in [1.807, 2.05) is 48.5 Å². The van der Waals surface area contributed by atoms with E-state index in [9.17, 15) is 4.79 Å². The summed E-state index contributed by atoms with van der Waals surface area (Å²) < 4.78 is 5.97. The second-order valence-corrected chi connectivity index (χ2v) is 7.27. The molecule has 2 aromatic carbocycles. The molecule has 0 spiro atoms. The second-order valence-electron chi connectivity index (χ2n) is 7.27. The van der Waals surface area contributed by atoms with Crippen molar-refractivity contribution in [1.82, 2.24) is 5.32 Å². The number of rotatable bonds is 3. The van der Waals surface area contributed by atoms with Crippen LogP contribution in [0.1, 0.15) is 44.2 Å². The number of nitrogens with one attached hydrogen (secondary N) is 1. The number of hydrogen-bond donors (Lipinski definition) is 1. The first kappa shape index (κ1) is 15.6. The van der Waals surface area contributed by atoms with Gasteiger partial charge in [0, 0.05) is 30.0 Å². The molecule has 0 saturated heterocycles. The van der Waals surface area contributed by atoms with Crippen molar-refractivity contribution in [2.45, 2.75) is 33.1 Å². The number of benzene rings is 2. The molecule has 3 rings (SSSR count). The molecule has 1 aliphatic heterocycles. The lowest BCUT2D eigenvalue weighted by molar-refractivity contribution is -0.121. The highest BCUT2D eigenvalue weighted by Gasteiger charge is 2.28. The van der Waals surface area contributed by atoms with Crippen molar-refractivity contribution in [2.24, 2.45) is 5.41 Å². The van der Waals surface area contributed by atoms with Gasteiger partial charge in [-0.15, -0.1) is 0 Å². The number of fused-ring (bicyclic) bond motifs is 2. The average molecular weight is 309 g/mol. The molecule has 1 N–H and O–H groups in total. The standard InChI is InChI=1S/C20H23NO2/c1-20(2,3)13-21-19(22)12-16-14-8-4-6-10-17(14)23-18-11-7-5-9-15(16)18/h4-11,16H,12-13H2,1-3H3,(H,21,22). The molecule has 0 radical (unpaired) electrons. The lowest BCUT2D eigenvalue weighted by Gasteiger charge is -2.28. The molecule has 2 aromatic rings. The van der Waals surface area contributed by atoms with Gasteiger partial charge in [0.1, 0.15) is 11.5 Å². The van der Waals surface area contributed by atoms with Gasteiger partial charge >= 0.3 is 0 Å². The second kappa shape index (κ2) is 6.07. The molecule has 0 atom stereocenters. The average Bonchev–Trinajstić information content (AvgIpc) is 2.52. The van der Waals surface area contributed by atoms with E-state index in [1.165, 1.54) is 0 Å². The molecule has 0 aromatic heterocycles. The summed E-state index contributed by atoms with van der Waals surface area (Å²) in [5, 5.41) is 3.05. The Balaban J connectivity index is 1.85. The predicted octanol–water partition coefficient (Wildman–Crippen LogP) is 4.48. The number of ether oxygens (including phenoxy) is 1. The summed E-state index contributed by atoms with van der Waals surface area (Å²) in [6.07, 6.45) is 0.438. The third-order valence-electron chi connectivity index (χ3n) is 4.01. The normalized spacial score (nSPS) is 13.7. The monoisotopic (exact) mass is 309 g/mol. The molecule has 1 aliphatic rings. The molecule has 0 saturated carbocycles. The van der Waals surface area contributed by atoms with E-state index in [1.54, 1.807) is 0 Å². The topological polar surface area (TPSA) is 38.3 Å². The maximum Gasteiger partial charge on any atom is 0.220 e. The highest BCUT2D eigenvalue weighted by atomic mass is 16.5. The van der Waals surface area contributed by atoms with Crippen molar-refractivity contribution in [1.29, 1.82) is 0 Å². The van der Waals surface area contributed by atoms with Crippen LogP contribution in [0.15, 0.2) is 48.5 Å². The quantitative estimate of drug-likeness (QED) is 0.908. The smallest absolute Gasteiger partial charge is 0.220 e. The van der Waals surface area contributed by atoms with E-state index in [0.29, 0.717) is 13.0 Å². The largest absolute Gasteiger partial charge is 0.457 e. The zero-order valence-electron chi connectivity index (χ0n) is 13.9. The van der Waals surface area contributed by atoms with Crippen molar-refractivity contribution >= 4 is 5.91 Å². The summed E-state index contributed by atoms with van der Waals surface area (Å²) in [5.41, 5.74) is 2.25. The minimum atomic E-state index is 0.0381. The van der Waals surface area contributed by atoms with Crippen LogP contribution in [0.4, 0.5) is 0 Å². The molecule has 120 valence electrons. The Hall–Kier alpha value is -2.29. The van der Waals surface area contributed by atoms with Crippen molar-refractivity contribution in [3.8, 4) is 11.5 Å². The number of amides is 1. The van der Waals surface area contributed by atoms with Crippen LogP contribution in [-0.4, -0.2) is 12.5 Å². The first-order valence-corrected chi connectivity index (χ1v) is 8.06. The van der Waals surface area contributed by atoms with Gasteiger partial charge in [0.2, 0.25) is 5.91 Å². The van der Waals surface area contributed by atoms with Crippen LogP contribution in [0.3, 0.4) is 0 Å². The Morgan fingerprint density at radius 1 is 1.00 bits per heavy atom. The van der Waals surface area contributed by atoms with Gasteiger partial charge in [-0.1, -0.05) is 57.2 Å². The first-order chi connectivity index (χ1) is 10.9. The SMILES string of the molecule is CC(C)(C)CNC(=O)CC1c2ccccc2Oc2ccccc21. The summed E-state index contributed by atoms with van der Waals surface area (Å²) in [7, 11) is 0. The zero-order valence-corrected chi connectivity index (χ0v) is 13.9. The summed E-state index contributed by atoms with van der Waals surface area (Å²) in [5.74, 6) is 1.81. The Morgan fingerprint density at radius 3 is 2.04 bits per heavy atom. The van der Waals surface area contributed by atoms with Gasteiger partial charge in [-0.05, 0) is 17.5 Å². The first-order valence-electron chi connectivity index (χ1n) is 8.06. The molecule has 0 unspecified atom stereocenters. The molecule has 0 bridgehead atoms. The van der Waals surface area contributed by atoms with E-state index >= 15 is 0 Å². The molecule has 23 heavy (non-hydrogen) atoms. The van der Waals surface area contributed by atoms with Gasteiger partial charge in [0.15, 0.2) is 0 Å². The van der Waals surface area contributed by atoms with Crippen LogP contribution in [0.2, 0.25) is 0 Å². The molecule has 0 fully saturated rings. The Morgan fingerprint density at radius 2 is 1.52 bits per heavy atom. The number of hydrogen-bond acceptors (Lipinski definition) is 2. The van der Waals surface area contributed by atoms with Gasteiger partial charge in [0.25, 0.3) is 0 Å². The van der Waals surface area contributed by atoms with Crippen LogP contribution in [0, 0.1) is 5.41 Å². The molecule has 1 heterocycles. The Labute approximate surface area is 137 Å². The summed E-state index contributed by atoms with van der Waals surface area (Å²) >= 11 is 0. The Bertz CT molecular complexity index is 670. The zero-order chi connectivity index (χ0) is 16.4. The molecular weight excluding hydrogens is 286 g/mol. The van der Waals surface area contributed by atoms with Gasteiger partial charge in [-0.2, -0.15) is 0 Å². The van der Waals surface area contributed by atoms with Gasteiger partial charge < -0.3 is 10.1 Å². The molecule has 3 nitrogen and oxygen atoms in total. The maximum absolute atomic E-state index is 12.4. The van der Waals surface area contributed by atoms with E-state index in [0.717, 1.165) is 22.6 Å². The van der Waals surface area contributed by atoms with Crippen LogP contribution in [0.5, 0.6) is 11.5 Å². The number of carbonyl (C=O) groups is 1. The molecule has 1 amide bonds. The van der Waals surface area contributed by atoms with Crippen LogP contribution in [-0.2, 0) is 4.79 Å². The molecule has 3 heteroatoms. The number of para-hydroxylation sites is 2. The maximum atomic E-state index is 12.4. The van der Waals surface area contributed by atoms with Crippen LogP contribution < -0.4 is 10.1 Å². The van der Waals surface area contributed by atoms with Gasteiger partial charge in [-0.25, -0.2) is 0 Å². The fraction of sp³-hybridized carbons (Fsp3) is 0.350. The number of carbonyl (C=O) groups excluding carboxylic acids is 1. The van der Waals surface area contributed by atoms with Crippen molar-refractivity contribution in [3.63, 3.8) is 0 Å². The van der Waals surface area contributed by atoms with E-state index in [4.69, 9.17) is 4.74 Å². The third kappa shape index (κ3) is 3.55. The lowest BCUT2D eigenvalue weighted by Crippen LogP contribution is -2.33. The molecular formula is C20H23NO2. The summed E-state index contributed by atoms with van der Waals surface area (Å²) in [6, 6.07) is 15.9. The van der Waals surface area contributed by atoms with Crippen LogP contribution in [0.25, 0.3) is 0 Å². The van der Waals surface area contributed by atoms with E-state index < -0.39 is 0 Å². The predicted molar refractivity (Wildman–Crippen MR) is 91.9 cm³/mol. The van der Waals surface area contributed by atoms with Gasteiger partial charge in [0.05, 0.1) is 0 Å². The van der Waals surface area contributed by atoms with E-state index in [2.05, 4.69) is 26.1 Å². The van der Waals surface area contributed by atoms with Crippen molar-refractivity contribution in [3.05, 3.63) is 59.7 Å². The third-order valence-corrected chi connectivity index (χ3v) is 4.01. The Kier molecular flexibility index (Phi) is 4.12. The summed E-state index contributed by atoms with van der Waals surface area (Å²) in [4.78, 5) is 12.4.